The second-order valence-corrected chi connectivity index (χ2v) is 8.82. The Hall–Kier alpha value is -3.20. The van der Waals surface area contributed by atoms with Crippen molar-refractivity contribution in [2.75, 3.05) is 18.4 Å². The van der Waals surface area contributed by atoms with Crippen LogP contribution in [-0.2, 0) is 7.05 Å². The van der Waals surface area contributed by atoms with Gasteiger partial charge in [-0.05, 0) is 43.9 Å². The zero-order chi connectivity index (χ0) is 22.2. The SMILES string of the molecule is CC(C)c1cnn2c(NC(C)c3cccc4c3cnn4C)nc(O[C@@H]3CCCNC3)nc12. The van der Waals surface area contributed by atoms with Crippen LogP contribution < -0.4 is 15.4 Å². The molecule has 0 amide bonds. The van der Waals surface area contributed by atoms with Crippen molar-refractivity contribution in [3.8, 4) is 6.01 Å². The number of fused-ring (bicyclic) bond motifs is 2. The topological polar surface area (TPSA) is 94.2 Å². The Morgan fingerprint density at radius 1 is 1.12 bits per heavy atom. The van der Waals surface area contributed by atoms with Crippen molar-refractivity contribution in [2.24, 2.45) is 7.05 Å². The molecule has 0 aliphatic carbocycles. The number of benzene rings is 1. The Balaban J connectivity index is 1.52. The summed E-state index contributed by atoms with van der Waals surface area (Å²) < 4.78 is 9.86. The van der Waals surface area contributed by atoms with Crippen LogP contribution in [0.3, 0.4) is 0 Å². The van der Waals surface area contributed by atoms with Crippen LogP contribution in [0.5, 0.6) is 6.01 Å². The number of hydrogen-bond donors (Lipinski definition) is 2. The van der Waals surface area contributed by atoms with Gasteiger partial charge in [-0.3, -0.25) is 4.68 Å². The molecule has 1 aliphatic rings. The Kier molecular flexibility index (Phi) is 5.42. The summed E-state index contributed by atoms with van der Waals surface area (Å²) >= 11 is 0. The lowest BCUT2D eigenvalue weighted by Crippen LogP contribution is -2.37. The van der Waals surface area contributed by atoms with Crippen molar-refractivity contribution >= 4 is 22.5 Å². The lowest BCUT2D eigenvalue weighted by atomic mass is 10.0. The molecule has 9 heteroatoms. The third-order valence-corrected chi connectivity index (χ3v) is 6.16. The molecule has 2 atom stereocenters. The first-order valence-corrected chi connectivity index (χ1v) is 11.3. The molecule has 4 aromatic rings. The van der Waals surface area contributed by atoms with Gasteiger partial charge in [0.25, 0.3) is 0 Å². The highest BCUT2D eigenvalue weighted by Gasteiger charge is 2.21. The summed E-state index contributed by atoms with van der Waals surface area (Å²) in [6.45, 7) is 8.25. The van der Waals surface area contributed by atoms with Crippen molar-refractivity contribution in [3.63, 3.8) is 0 Å². The number of aryl methyl sites for hydroxylation is 1. The third-order valence-electron chi connectivity index (χ3n) is 6.16. The second-order valence-electron chi connectivity index (χ2n) is 8.82. The van der Waals surface area contributed by atoms with Gasteiger partial charge in [-0.25, -0.2) is 0 Å². The summed E-state index contributed by atoms with van der Waals surface area (Å²) in [5.41, 5.74) is 4.10. The zero-order valence-electron chi connectivity index (χ0n) is 19.0. The van der Waals surface area contributed by atoms with Gasteiger partial charge in [-0.1, -0.05) is 26.0 Å². The van der Waals surface area contributed by atoms with Gasteiger partial charge in [0.15, 0.2) is 5.65 Å². The van der Waals surface area contributed by atoms with Crippen molar-refractivity contribution in [1.29, 1.82) is 0 Å². The summed E-state index contributed by atoms with van der Waals surface area (Å²) in [7, 11) is 1.96. The predicted molar refractivity (Wildman–Crippen MR) is 124 cm³/mol. The van der Waals surface area contributed by atoms with Crippen LogP contribution in [0.25, 0.3) is 16.6 Å². The van der Waals surface area contributed by atoms with E-state index in [0.29, 0.717) is 17.9 Å². The summed E-state index contributed by atoms with van der Waals surface area (Å²) in [5.74, 6) is 0.912. The first-order chi connectivity index (χ1) is 15.5. The monoisotopic (exact) mass is 434 g/mol. The van der Waals surface area contributed by atoms with Gasteiger partial charge in [-0.2, -0.15) is 24.7 Å². The minimum absolute atomic E-state index is 0.0168. The van der Waals surface area contributed by atoms with Gasteiger partial charge in [0.1, 0.15) is 6.10 Å². The van der Waals surface area contributed by atoms with Crippen molar-refractivity contribution in [1.82, 2.24) is 34.7 Å². The molecule has 1 aromatic carbocycles. The van der Waals surface area contributed by atoms with Gasteiger partial charge in [0.05, 0.1) is 24.0 Å². The summed E-state index contributed by atoms with van der Waals surface area (Å²) in [6.07, 6.45) is 5.95. The molecular formula is C23H30N8O. The quantitative estimate of drug-likeness (QED) is 0.480. The number of piperidine rings is 1. The number of nitrogens with zero attached hydrogens (tertiary/aromatic N) is 6. The molecule has 0 bridgehead atoms. The number of nitrogens with one attached hydrogen (secondary N) is 2. The molecule has 0 spiro atoms. The first-order valence-electron chi connectivity index (χ1n) is 11.3. The molecule has 3 aromatic heterocycles. The van der Waals surface area contributed by atoms with Crippen LogP contribution in [0.2, 0.25) is 0 Å². The third kappa shape index (κ3) is 3.77. The van der Waals surface area contributed by atoms with E-state index in [1.54, 1.807) is 4.52 Å². The average molecular weight is 435 g/mol. The molecule has 0 saturated carbocycles. The minimum Gasteiger partial charge on any atom is -0.459 e. The number of aromatic nitrogens is 6. The van der Waals surface area contributed by atoms with Gasteiger partial charge < -0.3 is 15.4 Å². The highest BCUT2D eigenvalue weighted by atomic mass is 16.5. The van der Waals surface area contributed by atoms with E-state index in [2.05, 4.69) is 59.8 Å². The Morgan fingerprint density at radius 2 is 2.00 bits per heavy atom. The number of rotatable bonds is 6. The standard InChI is InChI=1S/C23H30N8O/c1-14(2)18-12-26-31-21(18)28-23(32-16-7-6-10-24-11-16)29-22(31)27-15(3)17-8-5-9-20-19(17)13-25-30(20)4/h5,8-9,12-16,24H,6-7,10-11H2,1-4H3,(H,27,28,29)/t15?,16-/m1/s1. The van der Waals surface area contributed by atoms with Crippen molar-refractivity contribution < 1.29 is 4.74 Å². The molecule has 1 unspecified atom stereocenters. The fourth-order valence-electron chi connectivity index (χ4n) is 4.35. The van der Waals surface area contributed by atoms with Gasteiger partial charge in [0, 0.05) is 24.5 Å². The number of ether oxygens (including phenoxy) is 1. The summed E-state index contributed by atoms with van der Waals surface area (Å²) in [4.78, 5) is 9.46. The molecule has 5 rings (SSSR count). The van der Waals surface area contributed by atoms with E-state index in [4.69, 9.17) is 14.7 Å². The molecule has 32 heavy (non-hydrogen) atoms. The van der Waals surface area contributed by atoms with Gasteiger partial charge >= 0.3 is 6.01 Å². The smallest absolute Gasteiger partial charge is 0.322 e. The van der Waals surface area contributed by atoms with E-state index in [1.165, 1.54) is 0 Å². The maximum absolute atomic E-state index is 6.19. The first kappa shape index (κ1) is 20.7. The average Bonchev–Trinajstić information content (AvgIpc) is 3.38. The van der Waals surface area contributed by atoms with E-state index < -0.39 is 0 Å². The van der Waals surface area contributed by atoms with Crippen molar-refractivity contribution in [3.05, 3.63) is 41.7 Å². The lowest BCUT2D eigenvalue weighted by molar-refractivity contribution is 0.153. The fraction of sp³-hybridized carbons (Fsp3) is 0.478. The Bertz CT molecular complexity index is 1240. The van der Waals surface area contributed by atoms with E-state index in [9.17, 15) is 0 Å². The maximum atomic E-state index is 6.19. The highest BCUT2D eigenvalue weighted by molar-refractivity contribution is 5.83. The van der Waals surface area contributed by atoms with Crippen LogP contribution in [-0.4, -0.2) is 48.6 Å². The maximum Gasteiger partial charge on any atom is 0.322 e. The minimum atomic E-state index is -0.0168. The molecule has 168 valence electrons. The van der Waals surface area contributed by atoms with Crippen LogP contribution >= 0.6 is 0 Å². The van der Waals surface area contributed by atoms with Crippen LogP contribution in [0.1, 0.15) is 56.7 Å². The van der Waals surface area contributed by atoms with E-state index in [0.717, 1.165) is 53.6 Å². The number of hydrogen-bond acceptors (Lipinski definition) is 7. The lowest BCUT2D eigenvalue weighted by Gasteiger charge is -2.23. The molecular weight excluding hydrogens is 404 g/mol. The molecule has 1 fully saturated rings. The Labute approximate surface area is 187 Å². The predicted octanol–water partition coefficient (Wildman–Crippen LogP) is 3.44. The van der Waals surface area contributed by atoms with Gasteiger partial charge in [-0.15, -0.1) is 0 Å². The largest absolute Gasteiger partial charge is 0.459 e. The van der Waals surface area contributed by atoms with Crippen molar-refractivity contribution in [2.45, 2.75) is 51.7 Å². The highest BCUT2D eigenvalue weighted by Crippen LogP contribution is 2.28. The molecule has 1 saturated heterocycles. The molecule has 9 nitrogen and oxygen atoms in total. The summed E-state index contributed by atoms with van der Waals surface area (Å²) in [5, 5.41) is 17.1. The van der Waals surface area contributed by atoms with E-state index in [-0.39, 0.29) is 12.1 Å². The van der Waals surface area contributed by atoms with Crippen LogP contribution in [0.4, 0.5) is 5.95 Å². The summed E-state index contributed by atoms with van der Waals surface area (Å²) in [6, 6.07) is 6.63. The molecule has 1 aliphatic heterocycles. The molecule has 2 N–H and O–H groups in total. The number of anilines is 1. The molecule has 0 radical (unpaired) electrons. The molecule has 4 heterocycles. The zero-order valence-corrected chi connectivity index (χ0v) is 19.0. The van der Waals surface area contributed by atoms with E-state index in [1.807, 2.05) is 24.1 Å². The van der Waals surface area contributed by atoms with Crippen LogP contribution in [0.15, 0.2) is 30.6 Å². The van der Waals surface area contributed by atoms with Gasteiger partial charge in [0.2, 0.25) is 5.95 Å². The second kappa shape index (κ2) is 8.38. The van der Waals surface area contributed by atoms with Crippen LogP contribution in [0, 0.1) is 0 Å². The Morgan fingerprint density at radius 3 is 2.78 bits per heavy atom. The fourth-order valence-corrected chi connectivity index (χ4v) is 4.35. The normalized spacial score (nSPS) is 17.8. The van der Waals surface area contributed by atoms with E-state index >= 15 is 0 Å².